The average Bonchev–Trinajstić information content (AvgIpc) is 3.04. The highest BCUT2D eigenvalue weighted by atomic mass is 19.1. The second-order valence-electron chi connectivity index (χ2n) is 9.39. The van der Waals surface area contributed by atoms with Crippen LogP contribution in [0.3, 0.4) is 0 Å². The molecule has 0 unspecified atom stereocenters. The summed E-state index contributed by atoms with van der Waals surface area (Å²) in [5, 5.41) is 5.07. The van der Waals surface area contributed by atoms with Gasteiger partial charge >= 0.3 is 0 Å². The number of amides is 2. The molecule has 2 aromatic carbocycles. The van der Waals surface area contributed by atoms with E-state index in [0.717, 1.165) is 17.2 Å². The first-order chi connectivity index (χ1) is 16.3. The summed E-state index contributed by atoms with van der Waals surface area (Å²) in [5.74, 6) is -0.751. The number of rotatable bonds is 6. The SMILES string of the molecule is CC(C)(NC(=O)Cc1cccc(F)c1)C(=O)N1CCOC[C@H](Cc2cccc3ccncc23)C1. The van der Waals surface area contributed by atoms with Gasteiger partial charge in [-0.2, -0.15) is 0 Å². The number of nitrogens with one attached hydrogen (secondary N) is 1. The summed E-state index contributed by atoms with van der Waals surface area (Å²) in [6, 6.07) is 14.1. The lowest BCUT2D eigenvalue weighted by Crippen LogP contribution is -2.57. The smallest absolute Gasteiger partial charge is 0.247 e. The van der Waals surface area contributed by atoms with Crippen LogP contribution in [0.5, 0.6) is 0 Å². The first kappa shape index (κ1) is 23.8. The number of aromatic nitrogens is 1. The molecule has 2 heterocycles. The van der Waals surface area contributed by atoms with Crippen molar-refractivity contribution in [2.45, 2.75) is 32.2 Å². The van der Waals surface area contributed by atoms with Crippen molar-refractivity contribution < 1.29 is 18.7 Å². The predicted molar refractivity (Wildman–Crippen MR) is 129 cm³/mol. The second kappa shape index (κ2) is 10.3. The Balaban J connectivity index is 1.42. The Kier molecular flexibility index (Phi) is 7.22. The van der Waals surface area contributed by atoms with Gasteiger partial charge in [-0.05, 0) is 55.0 Å². The Morgan fingerprint density at radius 3 is 2.85 bits per heavy atom. The fourth-order valence-electron chi connectivity index (χ4n) is 4.53. The van der Waals surface area contributed by atoms with E-state index in [-0.39, 0.29) is 24.2 Å². The molecule has 1 N–H and O–H groups in total. The number of nitrogens with zero attached hydrogens (tertiary/aromatic N) is 2. The molecule has 1 atom stereocenters. The fourth-order valence-corrected chi connectivity index (χ4v) is 4.53. The molecular weight excluding hydrogens is 433 g/mol. The standard InChI is InChI=1S/C27H30FN3O3/c1-27(2,30-25(32)15-19-5-3-8-23(28)14-19)26(33)31-11-12-34-18-20(17-31)13-22-7-4-6-21-9-10-29-16-24(21)22/h3-10,14,16,20H,11-13,15,17-18H2,1-2H3,(H,30,32)/t20-/m1/s1. The van der Waals surface area contributed by atoms with Crippen LogP contribution in [0.15, 0.2) is 60.9 Å². The molecule has 1 aromatic heterocycles. The number of pyridine rings is 1. The normalized spacial score (nSPS) is 16.8. The molecule has 6 nitrogen and oxygen atoms in total. The van der Waals surface area contributed by atoms with Crippen LogP contribution < -0.4 is 5.32 Å². The van der Waals surface area contributed by atoms with Crippen molar-refractivity contribution in [1.82, 2.24) is 15.2 Å². The van der Waals surface area contributed by atoms with Crippen molar-refractivity contribution in [3.05, 3.63) is 77.9 Å². The van der Waals surface area contributed by atoms with Gasteiger partial charge in [-0.15, -0.1) is 0 Å². The monoisotopic (exact) mass is 463 g/mol. The number of carbonyl (C=O) groups is 2. The van der Waals surface area contributed by atoms with Gasteiger partial charge in [0, 0.05) is 36.8 Å². The molecule has 1 fully saturated rings. The first-order valence-corrected chi connectivity index (χ1v) is 11.6. The van der Waals surface area contributed by atoms with E-state index in [1.54, 1.807) is 37.1 Å². The molecule has 34 heavy (non-hydrogen) atoms. The first-order valence-electron chi connectivity index (χ1n) is 11.6. The Morgan fingerprint density at radius 1 is 1.21 bits per heavy atom. The number of hydrogen-bond donors (Lipinski definition) is 1. The summed E-state index contributed by atoms with van der Waals surface area (Å²) in [6.45, 7) is 5.43. The van der Waals surface area contributed by atoms with Gasteiger partial charge in [0.15, 0.2) is 0 Å². The molecule has 0 saturated carbocycles. The van der Waals surface area contributed by atoms with Crippen LogP contribution in [0.1, 0.15) is 25.0 Å². The van der Waals surface area contributed by atoms with Crippen molar-refractivity contribution >= 4 is 22.6 Å². The lowest BCUT2D eigenvalue weighted by Gasteiger charge is -2.33. The van der Waals surface area contributed by atoms with Crippen LogP contribution in [0.4, 0.5) is 4.39 Å². The highest BCUT2D eigenvalue weighted by Gasteiger charge is 2.35. The zero-order valence-electron chi connectivity index (χ0n) is 19.6. The van der Waals surface area contributed by atoms with Crippen LogP contribution in [0, 0.1) is 11.7 Å². The minimum Gasteiger partial charge on any atom is -0.379 e. The second-order valence-corrected chi connectivity index (χ2v) is 9.39. The predicted octanol–water partition coefficient (Wildman–Crippen LogP) is 3.53. The average molecular weight is 464 g/mol. The van der Waals surface area contributed by atoms with Crippen LogP contribution in [0.2, 0.25) is 0 Å². The minimum absolute atomic E-state index is 0.00925. The lowest BCUT2D eigenvalue weighted by molar-refractivity contribution is -0.140. The number of carbonyl (C=O) groups excluding carboxylic acids is 2. The zero-order valence-corrected chi connectivity index (χ0v) is 19.6. The number of benzene rings is 2. The molecule has 0 radical (unpaired) electrons. The van der Waals surface area contributed by atoms with Crippen LogP contribution >= 0.6 is 0 Å². The van der Waals surface area contributed by atoms with E-state index < -0.39 is 11.4 Å². The quantitative estimate of drug-likeness (QED) is 0.607. The third kappa shape index (κ3) is 5.78. The maximum Gasteiger partial charge on any atom is 0.247 e. The topological polar surface area (TPSA) is 71.5 Å². The van der Waals surface area contributed by atoms with Gasteiger partial charge < -0.3 is 15.0 Å². The van der Waals surface area contributed by atoms with Crippen molar-refractivity contribution in [3.63, 3.8) is 0 Å². The highest BCUT2D eigenvalue weighted by Crippen LogP contribution is 2.23. The Labute approximate surface area is 199 Å². The molecule has 1 aliphatic heterocycles. The number of fused-ring (bicyclic) bond motifs is 1. The van der Waals surface area contributed by atoms with Gasteiger partial charge in [0.05, 0.1) is 19.6 Å². The van der Waals surface area contributed by atoms with Crippen molar-refractivity contribution in [1.29, 1.82) is 0 Å². The summed E-state index contributed by atoms with van der Waals surface area (Å²) < 4.78 is 19.3. The summed E-state index contributed by atoms with van der Waals surface area (Å²) in [4.78, 5) is 32.0. The summed E-state index contributed by atoms with van der Waals surface area (Å²) in [5.41, 5.74) is 0.646. The van der Waals surface area contributed by atoms with E-state index >= 15 is 0 Å². The molecule has 4 rings (SSSR count). The molecule has 0 aliphatic carbocycles. The van der Waals surface area contributed by atoms with E-state index in [0.29, 0.717) is 31.9 Å². The fraction of sp³-hybridized carbons (Fsp3) is 0.370. The third-order valence-corrected chi connectivity index (χ3v) is 6.15. The van der Waals surface area contributed by atoms with Crippen LogP contribution in [-0.4, -0.2) is 53.5 Å². The molecular formula is C27H30FN3O3. The van der Waals surface area contributed by atoms with E-state index in [1.807, 2.05) is 18.3 Å². The minimum atomic E-state index is -1.09. The largest absolute Gasteiger partial charge is 0.379 e. The number of ether oxygens (including phenoxy) is 1. The van der Waals surface area contributed by atoms with Gasteiger partial charge in [-0.1, -0.05) is 30.3 Å². The molecule has 178 valence electrons. The van der Waals surface area contributed by atoms with E-state index in [4.69, 9.17) is 4.74 Å². The Morgan fingerprint density at radius 2 is 2.03 bits per heavy atom. The Hall–Kier alpha value is -3.32. The van der Waals surface area contributed by atoms with Gasteiger partial charge in [0.25, 0.3) is 0 Å². The zero-order chi connectivity index (χ0) is 24.1. The summed E-state index contributed by atoms with van der Waals surface area (Å²) in [6.07, 6.45) is 4.43. The summed E-state index contributed by atoms with van der Waals surface area (Å²) >= 11 is 0. The molecule has 1 aliphatic rings. The molecule has 3 aromatic rings. The van der Waals surface area contributed by atoms with Crippen molar-refractivity contribution in [2.24, 2.45) is 5.92 Å². The third-order valence-electron chi connectivity index (χ3n) is 6.15. The van der Waals surface area contributed by atoms with Crippen molar-refractivity contribution in [2.75, 3.05) is 26.3 Å². The molecule has 2 amide bonds. The highest BCUT2D eigenvalue weighted by molar-refractivity contribution is 5.91. The summed E-state index contributed by atoms with van der Waals surface area (Å²) in [7, 11) is 0. The van der Waals surface area contributed by atoms with E-state index in [2.05, 4.69) is 22.4 Å². The van der Waals surface area contributed by atoms with Crippen LogP contribution in [-0.2, 0) is 27.2 Å². The van der Waals surface area contributed by atoms with Crippen LogP contribution in [0.25, 0.3) is 10.8 Å². The number of halogens is 1. The molecule has 0 spiro atoms. The van der Waals surface area contributed by atoms with Gasteiger partial charge in [0.2, 0.25) is 11.8 Å². The Bertz CT molecular complexity index is 1180. The number of hydrogen-bond acceptors (Lipinski definition) is 4. The van der Waals surface area contributed by atoms with E-state index in [9.17, 15) is 14.0 Å². The maximum absolute atomic E-state index is 13.4. The lowest BCUT2D eigenvalue weighted by atomic mass is 9.95. The molecule has 7 heteroatoms. The molecule has 1 saturated heterocycles. The van der Waals surface area contributed by atoms with Gasteiger partial charge in [-0.3, -0.25) is 14.6 Å². The maximum atomic E-state index is 13.4. The van der Waals surface area contributed by atoms with Gasteiger partial charge in [0.1, 0.15) is 11.4 Å². The molecule has 0 bridgehead atoms. The van der Waals surface area contributed by atoms with E-state index in [1.165, 1.54) is 17.7 Å². The van der Waals surface area contributed by atoms with Crippen molar-refractivity contribution in [3.8, 4) is 0 Å². The van der Waals surface area contributed by atoms with Gasteiger partial charge in [-0.25, -0.2) is 4.39 Å².